The van der Waals surface area contributed by atoms with E-state index in [4.69, 9.17) is 11.1 Å². The highest BCUT2D eigenvalue weighted by atomic mass is 32.2. The standard InChI is InChI=1S/C10H11N5S/c1-6-13-10(15-14-6)16-8-5-3-2-4-7(8)9(11)12/h2-5H,1H3,(H3,11,12)(H,13,14,15). The van der Waals surface area contributed by atoms with Crippen molar-refractivity contribution in [1.29, 1.82) is 5.41 Å². The highest BCUT2D eigenvalue weighted by Crippen LogP contribution is 2.27. The summed E-state index contributed by atoms with van der Waals surface area (Å²) >= 11 is 1.39. The van der Waals surface area contributed by atoms with Crippen LogP contribution in [0.2, 0.25) is 0 Å². The third-order valence-electron chi connectivity index (χ3n) is 1.96. The molecule has 1 heterocycles. The molecule has 82 valence electrons. The highest BCUT2D eigenvalue weighted by molar-refractivity contribution is 7.99. The zero-order valence-electron chi connectivity index (χ0n) is 8.69. The van der Waals surface area contributed by atoms with Crippen LogP contribution < -0.4 is 5.73 Å². The molecule has 2 aromatic rings. The van der Waals surface area contributed by atoms with E-state index >= 15 is 0 Å². The van der Waals surface area contributed by atoms with Crippen molar-refractivity contribution in [3.63, 3.8) is 0 Å². The minimum atomic E-state index is 0.0513. The van der Waals surface area contributed by atoms with Crippen LogP contribution in [0.4, 0.5) is 0 Å². The Balaban J connectivity index is 2.31. The molecule has 0 spiro atoms. The maximum atomic E-state index is 7.46. The van der Waals surface area contributed by atoms with Crippen LogP contribution in [0, 0.1) is 12.3 Å². The number of hydrogen-bond donors (Lipinski definition) is 3. The molecule has 0 bridgehead atoms. The summed E-state index contributed by atoms with van der Waals surface area (Å²) in [5.41, 5.74) is 6.20. The molecule has 0 radical (unpaired) electrons. The van der Waals surface area contributed by atoms with Crippen molar-refractivity contribution in [2.75, 3.05) is 0 Å². The largest absolute Gasteiger partial charge is 0.384 e. The van der Waals surface area contributed by atoms with Gasteiger partial charge in [-0.05, 0) is 24.8 Å². The van der Waals surface area contributed by atoms with Gasteiger partial charge in [0.1, 0.15) is 11.7 Å². The van der Waals surface area contributed by atoms with Gasteiger partial charge < -0.3 is 5.73 Å². The first kappa shape index (κ1) is 10.7. The molecule has 0 aliphatic heterocycles. The molecule has 1 aromatic carbocycles. The molecule has 0 saturated heterocycles. The summed E-state index contributed by atoms with van der Waals surface area (Å²) in [6, 6.07) is 7.45. The van der Waals surface area contributed by atoms with Crippen molar-refractivity contribution < 1.29 is 0 Å². The number of nitrogens with zero attached hydrogens (tertiary/aromatic N) is 2. The van der Waals surface area contributed by atoms with Crippen molar-refractivity contribution >= 4 is 17.6 Å². The summed E-state index contributed by atoms with van der Waals surface area (Å²) in [6.07, 6.45) is 0. The number of aryl methyl sites for hydroxylation is 1. The number of nitrogen functional groups attached to an aromatic ring is 1. The number of aromatic amines is 1. The van der Waals surface area contributed by atoms with Crippen LogP contribution in [-0.2, 0) is 0 Å². The van der Waals surface area contributed by atoms with Gasteiger partial charge >= 0.3 is 0 Å². The average molecular weight is 233 g/mol. The van der Waals surface area contributed by atoms with Crippen LogP contribution >= 0.6 is 11.8 Å². The first-order valence-electron chi connectivity index (χ1n) is 4.67. The van der Waals surface area contributed by atoms with E-state index in [0.717, 1.165) is 10.7 Å². The third-order valence-corrected chi connectivity index (χ3v) is 2.90. The molecule has 1 aromatic heterocycles. The summed E-state index contributed by atoms with van der Waals surface area (Å²) in [4.78, 5) is 5.07. The second kappa shape index (κ2) is 4.36. The molecular formula is C10H11N5S. The zero-order valence-corrected chi connectivity index (χ0v) is 9.51. The maximum Gasteiger partial charge on any atom is 0.213 e. The Bertz CT molecular complexity index is 519. The van der Waals surface area contributed by atoms with E-state index in [1.54, 1.807) is 0 Å². The topological polar surface area (TPSA) is 91.4 Å². The first-order chi connectivity index (χ1) is 7.66. The summed E-state index contributed by atoms with van der Waals surface area (Å²) < 4.78 is 0. The van der Waals surface area contributed by atoms with E-state index in [-0.39, 0.29) is 5.84 Å². The maximum absolute atomic E-state index is 7.46. The normalized spacial score (nSPS) is 10.3. The van der Waals surface area contributed by atoms with E-state index in [0.29, 0.717) is 10.7 Å². The van der Waals surface area contributed by atoms with E-state index in [9.17, 15) is 0 Å². The second-order valence-electron chi connectivity index (χ2n) is 3.22. The summed E-state index contributed by atoms with van der Waals surface area (Å²) in [5, 5.41) is 14.9. The van der Waals surface area contributed by atoms with Crippen LogP contribution in [0.15, 0.2) is 34.3 Å². The van der Waals surface area contributed by atoms with Gasteiger partial charge in [-0.2, -0.15) is 0 Å². The molecule has 4 N–H and O–H groups in total. The lowest BCUT2D eigenvalue weighted by Gasteiger charge is -2.04. The molecule has 5 nitrogen and oxygen atoms in total. The second-order valence-corrected chi connectivity index (χ2v) is 4.22. The van der Waals surface area contributed by atoms with E-state index in [1.165, 1.54) is 11.8 Å². The van der Waals surface area contributed by atoms with Crippen LogP contribution in [0.1, 0.15) is 11.4 Å². The lowest BCUT2D eigenvalue weighted by molar-refractivity contribution is 0.969. The Morgan fingerprint density at radius 3 is 2.81 bits per heavy atom. The molecule has 0 aliphatic carbocycles. The SMILES string of the molecule is Cc1nc(Sc2ccccc2C(=N)N)n[nH]1. The molecule has 6 heteroatoms. The summed E-state index contributed by atoms with van der Waals surface area (Å²) in [5.74, 6) is 0.818. The van der Waals surface area contributed by atoms with Crippen LogP contribution in [0.3, 0.4) is 0 Å². The van der Waals surface area contributed by atoms with Crippen molar-refractivity contribution in [3.8, 4) is 0 Å². The van der Waals surface area contributed by atoms with Crippen molar-refractivity contribution in [3.05, 3.63) is 35.7 Å². The average Bonchev–Trinajstić information content (AvgIpc) is 2.64. The minimum absolute atomic E-state index is 0.0513. The number of nitrogens with one attached hydrogen (secondary N) is 2. The van der Waals surface area contributed by atoms with Gasteiger partial charge in [-0.1, -0.05) is 18.2 Å². The van der Waals surface area contributed by atoms with Crippen molar-refractivity contribution in [2.24, 2.45) is 5.73 Å². The van der Waals surface area contributed by atoms with Gasteiger partial charge in [0.25, 0.3) is 0 Å². The predicted octanol–water partition coefficient (Wildman–Crippen LogP) is 1.55. The molecule has 2 rings (SSSR count). The fourth-order valence-corrected chi connectivity index (χ4v) is 2.15. The van der Waals surface area contributed by atoms with Crippen LogP contribution in [0.25, 0.3) is 0 Å². The predicted molar refractivity (Wildman–Crippen MR) is 62.7 cm³/mol. The fourth-order valence-electron chi connectivity index (χ4n) is 1.24. The van der Waals surface area contributed by atoms with Gasteiger partial charge in [0.15, 0.2) is 0 Å². The Morgan fingerprint density at radius 2 is 2.19 bits per heavy atom. The molecule has 0 aliphatic rings. The Labute approximate surface area is 97.0 Å². The molecule has 16 heavy (non-hydrogen) atoms. The number of aromatic nitrogens is 3. The number of benzene rings is 1. The van der Waals surface area contributed by atoms with E-state index in [2.05, 4.69) is 15.2 Å². The summed E-state index contributed by atoms with van der Waals surface area (Å²) in [6.45, 7) is 1.84. The fraction of sp³-hybridized carbons (Fsp3) is 0.100. The molecular weight excluding hydrogens is 222 g/mol. The molecule has 0 atom stereocenters. The monoisotopic (exact) mass is 233 g/mol. The Kier molecular flexibility index (Phi) is 2.91. The Morgan fingerprint density at radius 1 is 1.44 bits per heavy atom. The molecule has 0 saturated carbocycles. The highest BCUT2D eigenvalue weighted by Gasteiger charge is 2.08. The van der Waals surface area contributed by atoms with E-state index in [1.807, 2.05) is 31.2 Å². The molecule has 0 fully saturated rings. The minimum Gasteiger partial charge on any atom is -0.384 e. The lowest BCUT2D eigenvalue weighted by Crippen LogP contribution is -2.11. The van der Waals surface area contributed by atoms with Gasteiger partial charge in [-0.3, -0.25) is 10.5 Å². The number of amidine groups is 1. The van der Waals surface area contributed by atoms with E-state index < -0.39 is 0 Å². The van der Waals surface area contributed by atoms with Gasteiger partial charge in [-0.15, -0.1) is 5.10 Å². The van der Waals surface area contributed by atoms with Gasteiger partial charge in [0, 0.05) is 10.5 Å². The van der Waals surface area contributed by atoms with Gasteiger partial charge in [0.05, 0.1) is 0 Å². The Hall–Kier alpha value is -1.82. The zero-order chi connectivity index (χ0) is 11.5. The van der Waals surface area contributed by atoms with Gasteiger partial charge in [-0.25, -0.2) is 4.98 Å². The molecule has 0 amide bonds. The van der Waals surface area contributed by atoms with Crippen molar-refractivity contribution in [1.82, 2.24) is 15.2 Å². The van der Waals surface area contributed by atoms with Crippen LogP contribution in [0.5, 0.6) is 0 Å². The smallest absolute Gasteiger partial charge is 0.213 e. The lowest BCUT2D eigenvalue weighted by atomic mass is 10.2. The number of H-pyrrole nitrogens is 1. The number of rotatable bonds is 3. The number of nitrogens with two attached hydrogens (primary N) is 1. The van der Waals surface area contributed by atoms with Crippen molar-refractivity contribution in [2.45, 2.75) is 17.0 Å². The first-order valence-corrected chi connectivity index (χ1v) is 5.49. The summed E-state index contributed by atoms with van der Waals surface area (Å²) in [7, 11) is 0. The van der Waals surface area contributed by atoms with Crippen LogP contribution in [-0.4, -0.2) is 21.0 Å². The van der Waals surface area contributed by atoms with Gasteiger partial charge in [0.2, 0.25) is 5.16 Å². The number of hydrogen-bond acceptors (Lipinski definition) is 4. The molecule has 0 unspecified atom stereocenters. The third kappa shape index (κ3) is 2.22. The quantitative estimate of drug-likeness (QED) is 0.554.